The number of nitrogen functional groups attached to an aromatic ring is 1. The zero-order valence-electron chi connectivity index (χ0n) is 14.2. The van der Waals surface area contributed by atoms with E-state index in [0.29, 0.717) is 11.0 Å². The number of hydrogen-bond acceptors (Lipinski definition) is 5. The number of nitrogens with two attached hydrogens (primary N) is 1. The van der Waals surface area contributed by atoms with Gasteiger partial charge in [0.1, 0.15) is 0 Å². The van der Waals surface area contributed by atoms with Gasteiger partial charge in [-0.1, -0.05) is 11.6 Å². The van der Waals surface area contributed by atoms with E-state index in [0.717, 1.165) is 37.3 Å². The van der Waals surface area contributed by atoms with Crippen molar-refractivity contribution in [3.8, 4) is 0 Å². The normalized spacial score (nSPS) is 19.4. The molecular formula is C18H22ClN5O. The molecule has 132 valence electrons. The van der Waals surface area contributed by atoms with E-state index in [1.54, 1.807) is 30.5 Å². The third-order valence-corrected chi connectivity index (χ3v) is 4.86. The molecule has 25 heavy (non-hydrogen) atoms. The lowest BCUT2D eigenvalue weighted by Crippen LogP contribution is -2.46. The standard InChI is InChI=1S/C18H22ClN5O/c1-12(17(25)22-15-6-4-14(19)5-7-15)24-10-2-3-13(11-24)16-8-9-21-18(20)23-16/h4-9,12-13H,2-3,10-11H2,1H3,(H,22,25)(H2,20,21,23)/t12-,13-/m0/s1. The van der Waals surface area contributed by atoms with Crippen LogP contribution in [0.1, 0.15) is 31.4 Å². The molecule has 1 fully saturated rings. The largest absolute Gasteiger partial charge is 0.368 e. The maximum absolute atomic E-state index is 12.6. The van der Waals surface area contributed by atoms with Gasteiger partial charge in [0.15, 0.2) is 0 Å². The first kappa shape index (κ1) is 17.6. The Hall–Kier alpha value is -2.18. The number of likely N-dealkylation sites (tertiary alicyclic amines) is 1. The summed E-state index contributed by atoms with van der Waals surface area (Å²) in [4.78, 5) is 23.0. The van der Waals surface area contributed by atoms with Gasteiger partial charge in [-0.3, -0.25) is 9.69 Å². The first-order valence-corrected chi connectivity index (χ1v) is 8.79. The SMILES string of the molecule is C[C@@H](C(=O)Nc1ccc(Cl)cc1)N1CCC[C@H](c2ccnc(N)n2)C1. The summed E-state index contributed by atoms with van der Waals surface area (Å²) in [6, 6.07) is 8.81. The molecule has 1 aliphatic heterocycles. The number of aromatic nitrogens is 2. The van der Waals surface area contributed by atoms with Crippen LogP contribution in [0.2, 0.25) is 5.02 Å². The highest BCUT2D eigenvalue weighted by Gasteiger charge is 2.28. The third-order valence-electron chi connectivity index (χ3n) is 4.61. The van der Waals surface area contributed by atoms with Gasteiger partial charge in [0.25, 0.3) is 0 Å². The predicted molar refractivity (Wildman–Crippen MR) is 99.5 cm³/mol. The molecule has 2 heterocycles. The molecule has 3 rings (SSSR count). The van der Waals surface area contributed by atoms with Gasteiger partial charge in [-0.05, 0) is 56.6 Å². The average Bonchev–Trinajstić information content (AvgIpc) is 2.63. The van der Waals surface area contributed by atoms with E-state index in [-0.39, 0.29) is 17.9 Å². The van der Waals surface area contributed by atoms with Crippen LogP contribution in [-0.4, -0.2) is 39.9 Å². The van der Waals surface area contributed by atoms with Gasteiger partial charge in [0.2, 0.25) is 11.9 Å². The van der Waals surface area contributed by atoms with Crippen molar-refractivity contribution in [1.82, 2.24) is 14.9 Å². The molecule has 7 heteroatoms. The zero-order chi connectivity index (χ0) is 17.8. The molecule has 1 aromatic carbocycles. The van der Waals surface area contributed by atoms with Crippen molar-refractivity contribution in [2.45, 2.75) is 31.7 Å². The van der Waals surface area contributed by atoms with Crippen molar-refractivity contribution >= 4 is 29.1 Å². The molecule has 0 radical (unpaired) electrons. The van der Waals surface area contributed by atoms with Gasteiger partial charge in [-0.2, -0.15) is 0 Å². The van der Waals surface area contributed by atoms with Gasteiger partial charge in [-0.25, -0.2) is 9.97 Å². The number of amides is 1. The molecule has 2 atom stereocenters. The summed E-state index contributed by atoms with van der Waals surface area (Å²) >= 11 is 5.88. The molecule has 0 unspecified atom stereocenters. The number of carbonyl (C=O) groups excluding carboxylic acids is 1. The Kier molecular flexibility index (Phi) is 5.50. The highest BCUT2D eigenvalue weighted by atomic mass is 35.5. The maximum Gasteiger partial charge on any atom is 0.241 e. The summed E-state index contributed by atoms with van der Waals surface area (Å²) in [5.74, 6) is 0.540. The second-order valence-corrected chi connectivity index (χ2v) is 6.78. The summed E-state index contributed by atoms with van der Waals surface area (Å²) in [5, 5.41) is 3.59. The lowest BCUT2D eigenvalue weighted by atomic mass is 9.93. The fourth-order valence-corrected chi connectivity index (χ4v) is 3.29. The van der Waals surface area contributed by atoms with Gasteiger partial charge in [-0.15, -0.1) is 0 Å². The van der Waals surface area contributed by atoms with E-state index in [2.05, 4.69) is 20.2 Å². The van der Waals surface area contributed by atoms with Crippen LogP contribution >= 0.6 is 11.6 Å². The van der Waals surface area contributed by atoms with Crippen molar-refractivity contribution in [1.29, 1.82) is 0 Å². The Labute approximate surface area is 152 Å². The molecule has 2 aromatic rings. The number of nitrogens with one attached hydrogen (secondary N) is 1. The van der Waals surface area contributed by atoms with E-state index in [1.165, 1.54) is 0 Å². The summed E-state index contributed by atoms with van der Waals surface area (Å²) in [7, 11) is 0. The number of nitrogens with zero attached hydrogens (tertiary/aromatic N) is 3. The van der Waals surface area contributed by atoms with Crippen molar-refractivity contribution in [3.63, 3.8) is 0 Å². The van der Waals surface area contributed by atoms with Crippen molar-refractivity contribution < 1.29 is 4.79 Å². The minimum atomic E-state index is -0.224. The van der Waals surface area contributed by atoms with E-state index in [9.17, 15) is 4.79 Å². The van der Waals surface area contributed by atoms with Crippen LogP contribution in [0.15, 0.2) is 36.5 Å². The first-order chi connectivity index (χ1) is 12.0. The van der Waals surface area contributed by atoms with Gasteiger partial charge in [0.05, 0.1) is 11.7 Å². The minimum Gasteiger partial charge on any atom is -0.368 e. The van der Waals surface area contributed by atoms with E-state index < -0.39 is 0 Å². The Bertz CT molecular complexity index is 737. The van der Waals surface area contributed by atoms with Crippen LogP contribution < -0.4 is 11.1 Å². The van der Waals surface area contributed by atoms with Crippen LogP contribution in [-0.2, 0) is 4.79 Å². The third kappa shape index (κ3) is 4.46. The molecule has 1 aliphatic rings. The monoisotopic (exact) mass is 359 g/mol. The highest BCUT2D eigenvalue weighted by molar-refractivity contribution is 6.30. The molecule has 0 bridgehead atoms. The Balaban J connectivity index is 1.63. The van der Waals surface area contributed by atoms with Crippen molar-refractivity contribution in [2.75, 3.05) is 24.1 Å². The quantitative estimate of drug-likeness (QED) is 0.876. The lowest BCUT2D eigenvalue weighted by Gasteiger charge is -2.35. The maximum atomic E-state index is 12.6. The molecule has 1 aromatic heterocycles. The van der Waals surface area contributed by atoms with E-state index in [1.807, 2.05) is 13.0 Å². The second kappa shape index (κ2) is 7.80. The van der Waals surface area contributed by atoms with E-state index >= 15 is 0 Å². The molecular weight excluding hydrogens is 338 g/mol. The first-order valence-electron chi connectivity index (χ1n) is 8.42. The number of hydrogen-bond donors (Lipinski definition) is 2. The Morgan fingerprint density at radius 3 is 2.84 bits per heavy atom. The van der Waals surface area contributed by atoms with E-state index in [4.69, 9.17) is 17.3 Å². The second-order valence-electron chi connectivity index (χ2n) is 6.35. The topological polar surface area (TPSA) is 84.1 Å². The number of piperidine rings is 1. The summed E-state index contributed by atoms with van der Waals surface area (Å²) in [5.41, 5.74) is 7.39. The molecule has 1 saturated heterocycles. The number of benzene rings is 1. The minimum absolute atomic E-state index is 0.0230. The molecule has 0 saturated carbocycles. The van der Waals surface area contributed by atoms with Crippen LogP contribution in [0.25, 0.3) is 0 Å². The lowest BCUT2D eigenvalue weighted by molar-refractivity contribution is -0.121. The average molecular weight is 360 g/mol. The fraction of sp³-hybridized carbons (Fsp3) is 0.389. The molecule has 1 amide bonds. The number of rotatable bonds is 4. The molecule has 0 aliphatic carbocycles. The highest BCUT2D eigenvalue weighted by Crippen LogP contribution is 2.27. The van der Waals surface area contributed by atoms with Crippen LogP contribution in [0, 0.1) is 0 Å². The van der Waals surface area contributed by atoms with Crippen molar-refractivity contribution in [2.24, 2.45) is 0 Å². The Morgan fingerprint density at radius 1 is 1.36 bits per heavy atom. The molecule has 3 N–H and O–H groups in total. The Morgan fingerprint density at radius 2 is 2.12 bits per heavy atom. The van der Waals surface area contributed by atoms with Gasteiger partial charge >= 0.3 is 0 Å². The number of anilines is 2. The summed E-state index contributed by atoms with van der Waals surface area (Å²) in [6.07, 6.45) is 3.75. The number of halogens is 1. The van der Waals surface area contributed by atoms with Crippen LogP contribution in [0.4, 0.5) is 11.6 Å². The van der Waals surface area contributed by atoms with Crippen molar-refractivity contribution in [3.05, 3.63) is 47.2 Å². The smallest absolute Gasteiger partial charge is 0.241 e. The molecule has 6 nitrogen and oxygen atoms in total. The number of carbonyl (C=O) groups is 1. The summed E-state index contributed by atoms with van der Waals surface area (Å²) < 4.78 is 0. The molecule has 0 spiro atoms. The zero-order valence-corrected chi connectivity index (χ0v) is 14.9. The summed E-state index contributed by atoms with van der Waals surface area (Å²) in [6.45, 7) is 3.61. The van der Waals surface area contributed by atoms with Gasteiger partial charge in [0, 0.05) is 29.4 Å². The van der Waals surface area contributed by atoms with Crippen LogP contribution in [0.5, 0.6) is 0 Å². The van der Waals surface area contributed by atoms with Gasteiger partial charge < -0.3 is 11.1 Å². The van der Waals surface area contributed by atoms with Crippen LogP contribution in [0.3, 0.4) is 0 Å². The fourth-order valence-electron chi connectivity index (χ4n) is 3.16. The predicted octanol–water partition coefficient (Wildman–Crippen LogP) is 2.92.